The molecule has 1 heterocycles. The summed E-state index contributed by atoms with van der Waals surface area (Å²) in [4.78, 5) is 15.5. The van der Waals surface area contributed by atoms with E-state index in [-0.39, 0.29) is 23.6 Å². The van der Waals surface area contributed by atoms with E-state index in [2.05, 4.69) is 39.5 Å². The molecule has 1 aliphatic heterocycles. The lowest BCUT2D eigenvalue weighted by atomic mass is 9.76. The second-order valence-electron chi connectivity index (χ2n) is 9.16. The highest BCUT2D eigenvalue weighted by Crippen LogP contribution is 2.52. The number of anilines is 1. The molecule has 162 valence electrons. The highest BCUT2D eigenvalue weighted by Gasteiger charge is 2.40. The number of rotatable bonds is 3. The maximum Gasteiger partial charge on any atom is 0.255 e. The van der Waals surface area contributed by atoms with Gasteiger partial charge in [0, 0.05) is 29.0 Å². The van der Waals surface area contributed by atoms with Gasteiger partial charge in [-0.05, 0) is 55.0 Å². The van der Waals surface area contributed by atoms with Gasteiger partial charge in [0.1, 0.15) is 5.75 Å². The number of allylic oxidation sites excluding steroid dienone is 2. The summed E-state index contributed by atoms with van der Waals surface area (Å²) in [7, 11) is 1.95. The first-order valence-corrected chi connectivity index (χ1v) is 12.2. The second-order valence-corrected chi connectivity index (χ2v) is 10.1. The summed E-state index contributed by atoms with van der Waals surface area (Å²) < 4.78 is 0.941. The van der Waals surface area contributed by atoms with Gasteiger partial charge in [-0.25, -0.2) is 0 Å². The predicted octanol–water partition coefficient (Wildman–Crippen LogP) is 6.39. The number of carbonyl (C=O) groups is 1. The van der Waals surface area contributed by atoms with E-state index in [1.54, 1.807) is 6.07 Å². The van der Waals surface area contributed by atoms with Gasteiger partial charge in [-0.3, -0.25) is 4.79 Å². The molecule has 0 aromatic heterocycles. The molecule has 0 bridgehead atoms. The molecule has 1 saturated carbocycles. The number of benzene rings is 2. The molecule has 2 aromatic carbocycles. The summed E-state index contributed by atoms with van der Waals surface area (Å²) in [5, 5.41) is 14.3. The van der Waals surface area contributed by atoms with Crippen LogP contribution in [0.3, 0.4) is 0 Å². The summed E-state index contributed by atoms with van der Waals surface area (Å²) in [6, 6.07) is 12.0. The Morgan fingerprint density at radius 1 is 1.13 bits per heavy atom. The number of nitrogens with one attached hydrogen (secondary N) is 1. The van der Waals surface area contributed by atoms with Crippen LogP contribution in [0.4, 0.5) is 5.69 Å². The van der Waals surface area contributed by atoms with Crippen molar-refractivity contribution in [1.29, 1.82) is 0 Å². The molecule has 2 aliphatic carbocycles. The Morgan fingerprint density at radius 2 is 1.94 bits per heavy atom. The molecule has 3 aliphatic rings. The molecule has 5 rings (SSSR count). The van der Waals surface area contributed by atoms with Crippen LogP contribution >= 0.6 is 15.9 Å². The fourth-order valence-electron chi connectivity index (χ4n) is 5.71. The number of aromatic hydroxyl groups is 1. The van der Waals surface area contributed by atoms with Gasteiger partial charge in [-0.2, -0.15) is 0 Å². The van der Waals surface area contributed by atoms with Crippen molar-refractivity contribution in [3.63, 3.8) is 0 Å². The van der Waals surface area contributed by atoms with E-state index in [0.29, 0.717) is 12.0 Å². The van der Waals surface area contributed by atoms with Gasteiger partial charge in [0.2, 0.25) is 0 Å². The van der Waals surface area contributed by atoms with Crippen LogP contribution in [0, 0.1) is 5.92 Å². The van der Waals surface area contributed by atoms with Gasteiger partial charge in [0.05, 0.1) is 17.3 Å². The third-order valence-corrected chi connectivity index (χ3v) is 7.89. The number of para-hydroxylation sites is 1. The average molecular weight is 481 g/mol. The molecule has 5 heteroatoms. The number of hydrogen-bond acceptors (Lipinski definition) is 3. The Balaban J connectivity index is 1.54. The van der Waals surface area contributed by atoms with E-state index in [0.717, 1.165) is 40.5 Å². The molecular weight excluding hydrogens is 452 g/mol. The summed E-state index contributed by atoms with van der Waals surface area (Å²) >= 11 is 3.55. The molecular formula is C26H29BrN2O2. The van der Waals surface area contributed by atoms with Crippen LogP contribution in [0.25, 0.3) is 0 Å². The molecule has 0 radical (unpaired) electrons. The Bertz CT molecular complexity index is 1030. The molecule has 1 fully saturated rings. The van der Waals surface area contributed by atoms with E-state index in [1.165, 1.54) is 24.8 Å². The lowest BCUT2D eigenvalue weighted by Gasteiger charge is -2.39. The normalized spacial score (nSPS) is 24.9. The van der Waals surface area contributed by atoms with Gasteiger partial charge < -0.3 is 15.3 Å². The molecule has 3 atom stereocenters. The van der Waals surface area contributed by atoms with E-state index < -0.39 is 0 Å². The SMILES string of the molecule is CN(C(=O)c1cccc2c1NC(c1cc(Br)ccc1O)C1CC=CC21)C1CCCCC1. The van der Waals surface area contributed by atoms with Gasteiger partial charge in [-0.1, -0.05) is 59.5 Å². The Morgan fingerprint density at radius 3 is 2.74 bits per heavy atom. The third-order valence-electron chi connectivity index (χ3n) is 7.39. The van der Waals surface area contributed by atoms with E-state index in [1.807, 2.05) is 36.2 Å². The van der Waals surface area contributed by atoms with Crippen molar-refractivity contribution < 1.29 is 9.90 Å². The van der Waals surface area contributed by atoms with Crippen LogP contribution in [0.15, 0.2) is 53.0 Å². The minimum absolute atomic E-state index is 0.0565. The molecule has 2 N–H and O–H groups in total. The maximum atomic E-state index is 13.6. The minimum atomic E-state index is -0.0565. The van der Waals surface area contributed by atoms with Crippen molar-refractivity contribution in [3.8, 4) is 5.75 Å². The molecule has 2 aromatic rings. The molecule has 31 heavy (non-hydrogen) atoms. The largest absolute Gasteiger partial charge is 0.508 e. The standard InChI is InChI=1S/C26H29BrN2O2/c1-29(17-7-3-2-4-8-17)26(31)21-12-6-11-19-18-9-5-10-20(18)25(28-24(19)21)22-15-16(27)13-14-23(22)30/h5-6,9,11-15,17-18,20,25,28,30H,2-4,7-8,10H2,1H3. The van der Waals surface area contributed by atoms with Crippen LogP contribution in [0.5, 0.6) is 5.75 Å². The molecule has 4 nitrogen and oxygen atoms in total. The van der Waals surface area contributed by atoms with Crippen LogP contribution in [-0.4, -0.2) is 29.0 Å². The quantitative estimate of drug-likeness (QED) is 0.500. The first-order valence-electron chi connectivity index (χ1n) is 11.4. The van der Waals surface area contributed by atoms with Crippen LogP contribution < -0.4 is 5.32 Å². The zero-order chi connectivity index (χ0) is 21.5. The first-order chi connectivity index (χ1) is 15.0. The van der Waals surface area contributed by atoms with E-state index >= 15 is 0 Å². The summed E-state index contributed by atoms with van der Waals surface area (Å²) in [5.41, 5.74) is 3.73. The van der Waals surface area contributed by atoms with Crippen molar-refractivity contribution in [2.45, 2.75) is 56.5 Å². The second kappa shape index (κ2) is 8.34. The monoisotopic (exact) mass is 480 g/mol. The minimum Gasteiger partial charge on any atom is -0.508 e. The van der Waals surface area contributed by atoms with Crippen molar-refractivity contribution in [2.75, 3.05) is 12.4 Å². The van der Waals surface area contributed by atoms with Gasteiger partial charge in [0.25, 0.3) is 5.91 Å². The number of nitrogens with zero attached hydrogens (tertiary/aromatic N) is 1. The highest BCUT2D eigenvalue weighted by molar-refractivity contribution is 9.10. The number of hydrogen-bond donors (Lipinski definition) is 2. The predicted molar refractivity (Wildman–Crippen MR) is 128 cm³/mol. The van der Waals surface area contributed by atoms with Crippen molar-refractivity contribution in [2.24, 2.45) is 5.92 Å². The van der Waals surface area contributed by atoms with Crippen LogP contribution in [-0.2, 0) is 0 Å². The smallest absolute Gasteiger partial charge is 0.255 e. The molecule has 3 unspecified atom stereocenters. The zero-order valence-electron chi connectivity index (χ0n) is 17.9. The average Bonchev–Trinajstić information content (AvgIpc) is 3.30. The third kappa shape index (κ3) is 3.67. The number of fused-ring (bicyclic) bond motifs is 3. The summed E-state index contributed by atoms with van der Waals surface area (Å²) in [6.45, 7) is 0. The van der Waals surface area contributed by atoms with Crippen LogP contribution in [0.2, 0.25) is 0 Å². The Kier molecular flexibility index (Phi) is 5.55. The fraction of sp³-hybridized carbons (Fsp3) is 0.423. The summed E-state index contributed by atoms with van der Waals surface area (Å²) in [6.07, 6.45) is 11.3. The summed E-state index contributed by atoms with van der Waals surface area (Å²) in [5.74, 6) is 0.938. The molecule has 0 spiro atoms. The van der Waals surface area contributed by atoms with Crippen LogP contribution in [0.1, 0.15) is 72.0 Å². The number of phenolic OH excluding ortho intramolecular Hbond substituents is 1. The Labute approximate surface area is 192 Å². The lowest BCUT2D eigenvalue weighted by molar-refractivity contribution is 0.0697. The Hall–Kier alpha value is -2.27. The highest BCUT2D eigenvalue weighted by atomic mass is 79.9. The van der Waals surface area contributed by atoms with Gasteiger partial charge in [-0.15, -0.1) is 0 Å². The molecule has 0 saturated heterocycles. The van der Waals surface area contributed by atoms with Gasteiger partial charge in [0.15, 0.2) is 0 Å². The first kappa shape index (κ1) is 20.6. The van der Waals surface area contributed by atoms with E-state index in [4.69, 9.17) is 0 Å². The lowest BCUT2D eigenvalue weighted by Crippen LogP contribution is -2.39. The maximum absolute atomic E-state index is 13.6. The number of carbonyl (C=O) groups excluding carboxylic acids is 1. The van der Waals surface area contributed by atoms with Crippen molar-refractivity contribution >= 4 is 27.5 Å². The number of phenols is 1. The van der Waals surface area contributed by atoms with Gasteiger partial charge >= 0.3 is 0 Å². The van der Waals surface area contributed by atoms with Crippen molar-refractivity contribution in [3.05, 3.63) is 69.7 Å². The van der Waals surface area contributed by atoms with Crippen molar-refractivity contribution in [1.82, 2.24) is 4.90 Å². The number of halogens is 1. The topological polar surface area (TPSA) is 52.6 Å². The zero-order valence-corrected chi connectivity index (χ0v) is 19.4. The molecule has 1 amide bonds. The fourth-order valence-corrected chi connectivity index (χ4v) is 6.08. The van der Waals surface area contributed by atoms with E-state index in [9.17, 15) is 9.90 Å². The number of amides is 1.